The van der Waals surface area contributed by atoms with Crippen LogP contribution < -0.4 is 15.7 Å². The maximum Gasteiger partial charge on any atom is 0.328 e. The maximum absolute atomic E-state index is 12.5. The summed E-state index contributed by atoms with van der Waals surface area (Å²) in [4.78, 5) is 28.3. The first-order valence-corrected chi connectivity index (χ1v) is 8.84. The quantitative estimate of drug-likeness (QED) is 0.728. The van der Waals surface area contributed by atoms with Gasteiger partial charge in [0.2, 0.25) is 11.8 Å². The normalized spacial score (nSPS) is 19.6. The molecule has 3 heterocycles. The zero-order valence-corrected chi connectivity index (χ0v) is 14.8. The van der Waals surface area contributed by atoms with Gasteiger partial charge in [0.05, 0.1) is 31.3 Å². The first-order chi connectivity index (χ1) is 13.2. The van der Waals surface area contributed by atoms with E-state index in [4.69, 9.17) is 4.74 Å². The minimum absolute atomic E-state index is 0.180. The molecule has 0 bridgehead atoms. The molecular weight excluding hydrogens is 346 g/mol. The Morgan fingerprint density at radius 3 is 3.04 bits per heavy atom. The number of pyridine rings is 1. The first-order valence-electron chi connectivity index (χ1n) is 8.84. The summed E-state index contributed by atoms with van der Waals surface area (Å²) in [5, 5.41) is 12.6. The summed E-state index contributed by atoms with van der Waals surface area (Å²) < 4.78 is 6.84. The number of nitriles is 1. The van der Waals surface area contributed by atoms with Crippen molar-refractivity contribution in [3.05, 3.63) is 35.0 Å². The number of aromatic nitrogens is 5. The molecule has 1 fully saturated rings. The van der Waals surface area contributed by atoms with Crippen molar-refractivity contribution < 1.29 is 4.74 Å². The van der Waals surface area contributed by atoms with E-state index in [0.29, 0.717) is 28.7 Å². The van der Waals surface area contributed by atoms with E-state index >= 15 is 0 Å². The van der Waals surface area contributed by atoms with Crippen molar-refractivity contribution in [3.8, 4) is 11.9 Å². The molecule has 1 aliphatic carbocycles. The van der Waals surface area contributed by atoms with Crippen LogP contribution in [-0.2, 0) is 0 Å². The highest BCUT2D eigenvalue weighted by molar-refractivity contribution is 5.72. The van der Waals surface area contributed by atoms with E-state index in [-0.39, 0.29) is 17.6 Å². The largest absolute Gasteiger partial charge is 0.480 e. The number of fused-ring (bicyclic) bond motifs is 1. The molecule has 27 heavy (non-hydrogen) atoms. The number of aromatic amines is 1. The molecule has 0 aromatic carbocycles. The van der Waals surface area contributed by atoms with Crippen molar-refractivity contribution >= 4 is 22.8 Å². The van der Waals surface area contributed by atoms with Gasteiger partial charge in [-0.2, -0.15) is 10.2 Å². The summed E-state index contributed by atoms with van der Waals surface area (Å²) in [6.45, 7) is 0. The van der Waals surface area contributed by atoms with Crippen LogP contribution in [0.1, 0.15) is 31.7 Å². The first kappa shape index (κ1) is 17.0. The molecule has 0 spiro atoms. The third kappa shape index (κ3) is 3.10. The van der Waals surface area contributed by atoms with E-state index < -0.39 is 0 Å². The molecule has 9 nitrogen and oxygen atoms in total. The summed E-state index contributed by atoms with van der Waals surface area (Å²) >= 11 is 0. The summed E-state index contributed by atoms with van der Waals surface area (Å²) in [5.41, 5.74) is 1.40. The number of nitrogens with zero attached hydrogens (tertiary/aromatic N) is 5. The van der Waals surface area contributed by atoms with Gasteiger partial charge in [0.1, 0.15) is 11.2 Å². The molecule has 2 atom stereocenters. The zero-order valence-electron chi connectivity index (χ0n) is 14.8. The fourth-order valence-electron chi connectivity index (χ4n) is 3.62. The van der Waals surface area contributed by atoms with Crippen molar-refractivity contribution in [1.82, 2.24) is 24.5 Å². The lowest BCUT2D eigenvalue weighted by atomic mass is 9.85. The van der Waals surface area contributed by atoms with Crippen LogP contribution in [0.3, 0.4) is 0 Å². The SMILES string of the molecule is COc1ncccc1Nc1ncc2[nH]c(=O)n([C@H]3CCCC[C@@H]3C#N)c2n1. The smallest absolute Gasteiger partial charge is 0.328 e. The minimum Gasteiger partial charge on any atom is -0.480 e. The van der Waals surface area contributed by atoms with Crippen LogP contribution in [0.25, 0.3) is 11.2 Å². The van der Waals surface area contributed by atoms with Crippen LogP contribution in [0, 0.1) is 17.2 Å². The van der Waals surface area contributed by atoms with Gasteiger partial charge in [-0.25, -0.2) is 14.8 Å². The Morgan fingerprint density at radius 2 is 2.22 bits per heavy atom. The van der Waals surface area contributed by atoms with Gasteiger partial charge in [0.25, 0.3) is 0 Å². The average molecular weight is 365 g/mol. The Labute approximate surface area is 155 Å². The van der Waals surface area contributed by atoms with Crippen LogP contribution in [0.2, 0.25) is 0 Å². The molecule has 0 saturated heterocycles. The second-order valence-corrected chi connectivity index (χ2v) is 6.50. The Morgan fingerprint density at radius 1 is 1.37 bits per heavy atom. The highest BCUT2D eigenvalue weighted by Crippen LogP contribution is 2.34. The Balaban J connectivity index is 1.76. The number of nitrogens with one attached hydrogen (secondary N) is 2. The van der Waals surface area contributed by atoms with Gasteiger partial charge in [-0.1, -0.05) is 12.8 Å². The van der Waals surface area contributed by atoms with Gasteiger partial charge in [-0.3, -0.25) is 4.57 Å². The molecule has 1 saturated carbocycles. The van der Waals surface area contributed by atoms with E-state index in [1.807, 2.05) is 0 Å². The van der Waals surface area contributed by atoms with E-state index in [1.54, 1.807) is 29.1 Å². The van der Waals surface area contributed by atoms with Crippen LogP contribution in [0.15, 0.2) is 29.3 Å². The number of ether oxygens (including phenoxy) is 1. The number of methoxy groups -OCH3 is 1. The van der Waals surface area contributed by atoms with Crippen molar-refractivity contribution in [2.75, 3.05) is 12.4 Å². The number of rotatable bonds is 4. The van der Waals surface area contributed by atoms with Gasteiger partial charge in [0, 0.05) is 6.20 Å². The van der Waals surface area contributed by atoms with E-state index in [9.17, 15) is 10.1 Å². The predicted molar refractivity (Wildman–Crippen MR) is 98.8 cm³/mol. The molecule has 1 aliphatic rings. The number of anilines is 2. The topological polar surface area (TPSA) is 122 Å². The molecule has 4 rings (SSSR count). The average Bonchev–Trinajstić information content (AvgIpc) is 3.03. The summed E-state index contributed by atoms with van der Waals surface area (Å²) in [7, 11) is 1.53. The monoisotopic (exact) mass is 365 g/mol. The van der Waals surface area contributed by atoms with Crippen LogP contribution in [0.4, 0.5) is 11.6 Å². The van der Waals surface area contributed by atoms with Gasteiger partial charge < -0.3 is 15.0 Å². The Hall–Kier alpha value is -3.41. The van der Waals surface area contributed by atoms with Crippen LogP contribution >= 0.6 is 0 Å². The van der Waals surface area contributed by atoms with Crippen molar-refractivity contribution in [2.45, 2.75) is 31.7 Å². The minimum atomic E-state index is -0.262. The predicted octanol–water partition coefficient (Wildman–Crippen LogP) is 2.52. The molecule has 0 radical (unpaired) electrons. The molecule has 0 amide bonds. The Bertz CT molecular complexity index is 1070. The molecule has 9 heteroatoms. The summed E-state index contributed by atoms with van der Waals surface area (Å²) in [6.07, 6.45) is 6.77. The molecule has 0 unspecified atom stereocenters. The number of imidazole rings is 1. The maximum atomic E-state index is 12.5. The highest BCUT2D eigenvalue weighted by Gasteiger charge is 2.29. The molecule has 0 aliphatic heterocycles. The molecule has 138 valence electrons. The molecule has 3 aromatic rings. The third-order valence-corrected chi connectivity index (χ3v) is 4.90. The van der Waals surface area contributed by atoms with Gasteiger partial charge >= 0.3 is 5.69 Å². The van der Waals surface area contributed by atoms with Crippen molar-refractivity contribution in [1.29, 1.82) is 5.26 Å². The second kappa shape index (κ2) is 7.07. The highest BCUT2D eigenvalue weighted by atomic mass is 16.5. The lowest BCUT2D eigenvalue weighted by molar-refractivity contribution is 0.289. The van der Waals surface area contributed by atoms with Gasteiger partial charge in [0.15, 0.2) is 5.65 Å². The van der Waals surface area contributed by atoms with Gasteiger partial charge in [-0.15, -0.1) is 0 Å². The lowest BCUT2D eigenvalue weighted by Crippen LogP contribution is -2.29. The van der Waals surface area contributed by atoms with Crippen molar-refractivity contribution in [2.24, 2.45) is 5.92 Å². The Kier molecular flexibility index (Phi) is 4.46. The van der Waals surface area contributed by atoms with E-state index in [1.165, 1.54) is 7.11 Å². The number of hydrogen-bond donors (Lipinski definition) is 2. The standard InChI is InChI=1S/C18H19N7O2/c1-27-16-12(6-4-8-20-16)22-17-21-10-13-15(24-17)25(18(26)23-13)14-7-3-2-5-11(14)9-19/h4,6,8,10-11,14H,2-3,5,7H2,1H3,(H,23,26)(H,21,22,24)/t11-,14+/m1/s1. The summed E-state index contributed by atoms with van der Waals surface area (Å²) in [5.74, 6) is 0.551. The van der Waals surface area contributed by atoms with Crippen LogP contribution in [0.5, 0.6) is 5.88 Å². The molecular formula is C18H19N7O2. The molecule has 2 N–H and O–H groups in total. The third-order valence-electron chi connectivity index (χ3n) is 4.90. The van der Waals surface area contributed by atoms with Crippen molar-refractivity contribution in [3.63, 3.8) is 0 Å². The van der Waals surface area contributed by atoms with E-state index in [0.717, 1.165) is 25.7 Å². The zero-order chi connectivity index (χ0) is 18.8. The van der Waals surface area contributed by atoms with Gasteiger partial charge in [-0.05, 0) is 25.0 Å². The number of hydrogen-bond acceptors (Lipinski definition) is 7. The second-order valence-electron chi connectivity index (χ2n) is 6.50. The fourth-order valence-corrected chi connectivity index (χ4v) is 3.62. The van der Waals surface area contributed by atoms with Crippen LogP contribution in [-0.4, -0.2) is 31.6 Å². The number of H-pyrrole nitrogens is 1. The summed E-state index contributed by atoms with van der Waals surface area (Å²) in [6, 6.07) is 5.74. The van der Waals surface area contributed by atoms with E-state index in [2.05, 4.69) is 31.3 Å². The molecule has 3 aromatic heterocycles. The fraction of sp³-hybridized carbons (Fsp3) is 0.389. The lowest BCUT2D eigenvalue weighted by Gasteiger charge is -2.27.